The zero-order chi connectivity index (χ0) is 15.7. The Bertz CT molecular complexity index is 479. The van der Waals surface area contributed by atoms with Crippen molar-refractivity contribution in [3.63, 3.8) is 0 Å². The highest BCUT2D eigenvalue weighted by Crippen LogP contribution is 2.38. The van der Waals surface area contributed by atoms with Gasteiger partial charge in [0.25, 0.3) is 0 Å². The van der Waals surface area contributed by atoms with E-state index in [1.807, 2.05) is 0 Å². The number of nitrogens with one attached hydrogen (secondary N) is 1. The molecule has 1 N–H and O–H groups in total. The van der Waals surface area contributed by atoms with Crippen molar-refractivity contribution in [1.29, 1.82) is 0 Å². The SMILES string of the molecule is CC(C)(C)[S@@+]([O-])N[C@@H](c1ccc(Br)cc1Cl)C(F)(F)F. The molecule has 0 saturated heterocycles. The van der Waals surface area contributed by atoms with E-state index in [1.54, 1.807) is 20.8 Å². The van der Waals surface area contributed by atoms with Crippen molar-refractivity contribution in [2.45, 2.75) is 37.7 Å². The van der Waals surface area contributed by atoms with Gasteiger partial charge in [0.15, 0.2) is 6.04 Å². The third kappa shape index (κ3) is 4.80. The van der Waals surface area contributed by atoms with Crippen LogP contribution in [0.5, 0.6) is 0 Å². The smallest absolute Gasteiger partial charge is 0.412 e. The molecular weight excluding hydrogens is 379 g/mol. The van der Waals surface area contributed by atoms with Crippen LogP contribution in [0.2, 0.25) is 5.02 Å². The Morgan fingerprint density at radius 3 is 2.25 bits per heavy atom. The van der Waals surface area contributed by atoms with E-state index >= 15 is 0 Å². The summed E-state index contributed by atoms with van der Waals surface area (Å²) >= 11 is 7.12. The normalized spacial score (nSPS) is 16.1. The molecule has 0 aliphatic heterocycles. The molecule has 20 heavy (non-hydrogen) atoms. The van der Waals surface area contributed by atoms with Crippen molar-refractivity contribution in [2.24, 2.45) is 0 Å². The van der Waals surface area contributed by atoms with E-state index in [1.165, 1.54) is 18.2 Å². The molecule has 0 heterocycles. The number of hydrogen-bond donors (Lipinski definition) is 1. The molecule has 0 amide bonds. The maximum Gasteiger partial charge on any atom is 0.412 e. The van der Waals surface area contributed by atoms with Gasteiger partial charge in [-0.1, -0.05) is 33.6 Å². The lowest BCUT2D eigenvalue weighted by Crippen LogP contribution is -2.45. The van der Waals surface area contributed by atoms with Gasteiger partial charge in [-0.15, -0.1) is 4.72 Å². The van der Waals surface area contributed by atoms with Gasteiger partial charge in [-0.2, -0.15) is 13.2 Å². The highest BCUT2D eigenvalue weighted by atomic mass is 79.9. The van der Waals surface area contributed by atoms with E-state index < -0.39 is 28.3 Å². The zero-order valence-corrected chi connectivity index (χ0v) is 14.2. The Labute approximate surface area is 132 Å². The lowest BCUT2D eigenvalue weighted by molar-refractivity contribution is -0.153. The summed E-state index contributed by atoms with van der Waals surface area (Å²) in [6, 6.07) is 2.01. The monoisotopic (exact) mass is 391 g/mol. The number of alkyl halides is 3. The van der Waals surface area contributed by atoms with Crippen LogP contribution in [-0.2, 0) is 11.4 Å². The Morgan fingerprint density at radius 1 is 1.30 bits per heavy atom. The summed E-state index contributed by atoms with van der Waals surface area (Å²) in [5.41, 5.74) is -0.153. The standard InChI is InChI=1S/C12H14BrClF3NOS/c1-11(2,3)20(19)18-10(12(15,16)17)8-5-4-7(13)6-9(8)14/h4-6,10,18H,1-3H3/t10-,20+/m0/s1. The van der Waals surface area contributed by atoms with Crippen molar-refractivity contribution < 1.29 is 17.7 Å². The maximum absolute atomic E-state index is 13.2. The summed E-state index contributed by atoms with van der Waals surface area (Å²) in [6.07, 6.45) is -4.60. The third-order valence-corrected chi connectivity index (χ3v) is 4.76. The van der Waals surface area contributed by atoms with E-state index in [2.05, 4.69) is 20.7 Å². The molecule has 0 aliphatic rings. The number of rotatable bonds is 3. The van der Waals surface area contributed by atoms with Crippen molar-refractivity contribution in [1.82, 2.24) is 4.72 Å². The molecule has 0 unspecified atom stereocenters. The summed E-state index contributed by atoms with van der Waals surface area (Å²) in [5.74, 6) is 0. The van der Waals surface area contributed by atoms with Crippen LogP contribution >= 0.6 is 27.5 Å². The lowest BCUT2D eigenvalue weighted by Gasteiger charge is -2.29. The Hall–Kier alpha value is 0.0500. The molecule has 0 spiro atoms. The van der Waals surface area contributed by atoms with Gasteiger partial charge in [0, 0.05) is 26.4 Å². The molecule has 8 heteroatoms. The van der Waals surface area contributed by atoms with Crippen molar-refractivity contribution in [3.8, 4) is 0 Å². The molecule has 1 rings (SSSR count). The minimum atomic E-state index is -4.60. The fraction of sp³-hybridized carbons (Fsp3) is 0.500. The van der Waals surface area contributed by atoms with E-state index in [9.17, 15) is 17.7 Å². The van der Waals surface area contributed by atoms with Crippen molar-refractivity contribution >= 4 is 38.9 Å². The topological polar surface area (TPSA) is 35.1 Å². The van der Waals surface area contributed by atoms with Gasteiger partial charge in [0.2, 0.25) is 0 Å². The molecule has 1 aromatic carbocycles. The van der Waals surface area contributed by atoms with Crippen LogP contribution in [0.15, 0.2) is 22.7 Å². The molecule has 1 aromatic rings. The molecule has 0 bridgehead atoms. The predicted molar refractivity (Wildman–Crippen MR) is 79.0 cm³/mol. The van der Waals surface area contributed by atoms with Crippen LogP contribution in [0.1, 0.15) is 32.4 Å². The molecule has 114 valence electrons. The second-order valence-electron chi connectivity index (χ2n) is 5.14. The third-order valence-electron chi connectivity index (χ3n) is 2.38. The quantitative estimate of drug-likeness (QED) is 0.753. The Morgan fingerprint density at radius 2 is 1.85 bits per heavy atom. The molecule has 0 fully saturated rings. The Kier molecular flexibility index (Phi) is 5.83. The summed E-state index contributed by atoms with van der Waals surface area (Å²) in [7, 11) is 0. The van der Waals surface area contributed by atoms with Crippen LogP contribution in [0.4, 0.5) is 13.2 Å². The molecule has 2 nitrogen and oxygen atoms in total. The van der Waals surface area contributed by atoms with E-state index in [4.69, 9.17) is 11.6 Å². The molecule has 0 radical (unpaired) electrons. The lowest BCUT2D eigenvalue weighted by atomic mass is 10.1. The first-order valence-corrected chi connectivity index (χ1v) is 7.94. The second kappa shape index (κ2) is 6.44. The van der Waals surface area contributed by atoms with E-state index in [-0.39, 0.29) is 10.6 Å². The predicted octanol–water partition coefficient (Wildman–Crippen LogP) is 4.76. The molecular formula is C12H14BrClF3NOS. The summed E-state index contributed by atoms with van der Waals surface area (Å²) < 4.78 is 53.3. The van der Waals surface area contributed by atoms with Crippen LogP contribution in [0.25, 0.3) is 0 Å². The number of benzene rings is 1. The van der Waals surface area contributed by atoms with Crippen molar-refractivity contribution in [2.75, 3.05) is 0 Å². The van der Waals surface area contributed by atoms with Gasteiger partial charge < -0.3 is 4.55 Å². The number of hydrogen-bond acceptors (Lipinski definition) is 2. The highest BCUT2D eigenvalue weighted by molar-refractivity contribution is 9.10. The largest absolute Gasteiger partial charge is 0.598 e. The van der Waals surface area contributed by atoms with Crippen LogP contribution in [0.3, 0.4) is 0 Å². The fourth-order valence-electron chi connectivity index (χ4n) is 1.33. The first kappa shape index (κ1) is 18.1. The molecule has 0 aliphatic carbocycles. The maximum atomic E-state index is 13.2. The van der Waals surface area contributed by atoms with Gasteiger partial charge in [-0.25, -0.2) is 0 Å². The second-order valence-corrected chi connectivity index (χ2v) is 8.46. The van der Waals surface area contributed by atoms with Gasteiger partial charge >= 0.3 is 6.18 Å². The van der Waals surface area contributed by atoms with Gasteiger partial charge in [-0.3, -0.25) is 0 Å². The summed E-state index contributed by atoms with van der Waals surface area (Å²) in [5, 5.41) is -0.0416. The molecule has 0 aromatic heterocycles. The van der Waals surface area contributed by atoms with E-state index in [0.29, 0.717) is 4.47 Å². The van der Waals surface area contributed by atoms with Gasteiger partial charge in [0.1, 0.15) is 4.75 Å². The minimum absolute atomic E-state index is 0.0416. The molecule has 2 atom stereocenters. The van der Waals surface area contributed by atoms with E-state index in [0.717, 1.165) is 0 Å². The Balaban J connectivity index is 3.14. The summed E-state index contributed by atoms with van der Waals surface area (Å²) in [6.45, 7) is 4.77. The van der Waals surface area contributed by atoms with Crippen molar-refractivity contribution in [3.05, 3.63) is 33.3 Å². The van der Waals surface area contributed by atoms with Crippen LogP contribution in [0, 0.1) is 0 Å². The highest BCUT2D eigenvalue weighted by Gasteiger charge is 2.46. The first-order valence-electron chi connectivity index (χ1n) is 5.62. The fourth-order valence-corrected chi connectivity index (χ4v) is 2.94. The molecule has 0 saturated carbocycles. The zero-order valence-electron chi connectivity index (χ0n) is 11.0. The van der Waals surface area contributed by atoms with Gasteiger partial charge in [0.05, 0.1) is 0 Å². The average molecular weight is 393 g/mol. The van der Waals surface area contributed by atoms with Crippen LogP contribution in [-0.4, -0.2) is 15.5 Å². The first-order chi connectivity index (χ1) is 8.93. The van der Waals surface area contributed by atoms with Gasteiger partial charge in [-0.05, 0) is 32.9 Å². The van der Waals surface area contributed by atoms with Crippen LogP contribution < -0.4 is 4.72 Å². The summed E-state index contributed by atoms with van der Waals surface area (Å²) in [4.78, 5) is 0. The average Bonchev–Trinajstić information content (AvgIpc) is 2.23. The number of halogens is 5. The minimum Gasteiger partial charge on any atom is -0.598 e.